The lowest BCUT2D eigenvalue weighted by atomic mass is 10.0. The monoisotopic (exact) mass is 320 g/mol. The highest BCUT2D eigenvalue weighted by Crippen LogP contribution is 2.16. The van der Waals surface area contributed by atoms with Gasteiger partial charge in [-0.25, -0.2) is 19.4 Å². The van der Waals surface area contributed by atoms with Gasteiger partial charge in [-0.15, -0.1) is 0 Å². The molecule has 0 N–H and O–H groups in total. The molecule has 0 heterocycles. The first-order valence-corrected chi connectivity index (χ1v) is 8.61. The summed E-state index contributed by atoms with van der Waals surface area (Å²) in [6, 6.07) is 9.26. The molecule has 0 spiro atoms. The molecular weight excluding hydrogens is 292 g/mol. The van der Waals surface area contributed by atoms with E-state index >= 15 is 0 Å². The highest BCUT2D eigenvalue weighted by atomic mass is 17.2. The van der Waals surface area contributed by atoms with E-state index in [1.807, 2.05) is 30.3 Å². The summed E-state index contributed by atoms with van der Waals surface area (Å²) in [7, 11) is 0. The molecular formula is C19H28O4. The Bertz CT molecular complexity index is 456. The topological polar surface area (TPSA) is 52.6 Å². The molecule has 0 radical (unpaired) electrons. The smallest absolute Gasteiger partial charge is 0.247 e. The van der Waals surface area contributed by atoms with E-state index in [1.165, 1.54) is 25.7 Å². The highest BCUT2D eigenvalue weighted by Gasteiger charge is 2.19. The van der Waals surface area contributed by atoms with E-state index in [4.69, 9.17) is 0 Å². The first kappa shape index (κ1) is 19.2. The third kappa shape index (κ3) is 8.38. The van der Waals surface area contributed by atoms with Crippen molar-refractivity contribution in [2.24, 2.45) is 0 Å². The van der Waals surface area contributed by atoms with Crippen LogP contribution in [0.15, 0.2) is 30.3 Å². The lowest BCUT2D eigenvalue weighted by Crippen LogP contribution is -2.16. The minimum absolute atomic E-state index is 0.292. The van der Waals surface area contributed by atoms with E-state index < -0.39 is 17.9 Å². The Morgan fingerprint density at radius 3 is 2.17 bits per heavy atom. The van der Waals surface area contributed by atoms with Crippen molar-refractivity contribution in [2.75, 3.05) is 0 Å². The summed E-state index contributed by atoms with van der Waals surface area (Å²) in [5.41, 5.74) is 0.834. The van der Waals surface area contributed by atoms with Crippen LogP contribution in [0.2, 0.25) is 0 Å². The molecule has 1 atom stereocenters. The maximum atomic E-state index is 11.8. The van der Waals surface area contributed by atoms with Gasteiger partial charge in [-0.2, -0.15) is 0 Å². The fraction of sp³-hybridized carbons (Fsp3) is 0.579. The number of hydrogen-bond acceptors (Lipinski definition) is 4. The van der Waals surface area contributed by atoms with E-state index in [1.54, 1.807) is 6.92 Å². The first-order chi connectivity index (χ1) is 11.1. The maximum absolute atomic E-state index is 11.8. The Hall–Kier alpha value is -1.84. The molecule has 0 fully saturated rings. The normalized spacial score (nSPS) is 11.7. The van der Waals surface area contributed by atoms with Gasteiger partial charge in [0.2, 0.25) is 0 Å². The van der Waals surface area contributed by atoms with Gasteiger partial charge in [0.15, 0.2) is 0 Å². The molecule has 0 amide bonds. The van der Waals surface area contributed by atoms with Crippen molar-refractivity contribution in [1.82, 2.24) is 0 Å². The molecule has 1 rings (SSSR count). The summed E-state index contributed by atoms with van der Waals surface area (Å²) in [6.45, 7) is 3.91. The summed E-state index contributed by atoms with van der Waals surface area (Å²) in [5.74, 6) is -1.49. The first-order valence-electron chi connectivity index (χ1n) is 8.61. The van der Waals surface area contributed by atoms with Gasteiger partial charge in [-0.05, 0) is 18.9 Å². The van der Waals surface area contributed by atoms with E-state index in [2.05, 4.69) is 16.7 Å². The van der Waals surface area contributed by atoms with Crippen LogP contribution in [0.3, 0.4) is 0 Å². The lowest BCUT2D eigenvalue weighted by molar-refractivity contribution is -0.260. The van der Waals surface area contributed by atoms with Crippen LogP contribution in [0.5, 0.6) is 0 Å². The fourth-order valence-electron chi connectivity index (χ4n) is 2.31. The molecule has 1 aromatic rings. The standard InChI is InChI=1S/C19H28O4/c1-3-4-5-6-7-8-12-15-18(20)22-23-19(21)16(2)17-13-10-9-11-14-17/h9-11,13-14,16H,3-8,12,15H2,1-2H3. The van der Waals surface area contributed by atoms with E-state index in [9.17, 15) is 9.59 Å². The Morgan fingerprint density at radius 1 is 0.913 bits per heavy atom. The molecule has 1 aromatic carbocycles. The Labute approximate surface area is 139 Å². The minimum atomic E-state index is -0.552. The number of carbonyl (C=O) groups excluding carboxylic acids is 2. The van der Waals surface area contributed by atoms with Crippen molar-refractivity contribution in [3.8, 4) is 0 Å². The number of hydrogen-bond donors (Lipinski definition) is 0. The average Bonchev–Trinajstić information content (AvgIpc) is 2.59. The molecule has 0 aliphatic rings. The quantitative estimate of drug-likeness (QED) is 0.348. The van der Waals surface area contributed by atoms with Crippen LogP contribution in [0.4, 0.5) is 0 Å². The van der Waals surface area contributed by atoms with Crippen LogP contribution in [0, 0.1) is 0 Å². The van der Waals surface area contributed by atoms with E-state index in [0.29, 0.717) is 6.42 Å². The van der Waals surface area contributed by atoms with Gasteiger partial charge in [0.05, 0.1) is 12.3 Å². The van der Waals surface area contributed by atoms with Gasteiger partial charge in [0.1, 0.15) is 0 Å². The molecule has 23 heavy (non-hydrogen) atoms. The number of carbonyl (C=O) groups is 2. The molecule has 0 aliphatic carbocycles. The summed E-state index contributed by atoms with van der Waals surface area (Å²) in [5, 5.41) is 0. The van der Waals surface area contributed by atoms with Crippen molar-refractivity contribution in [1.29, 1.82) is 0 Å². The predicted octanol–water partition coefficient (Wildman–Crippen LogP) is 4.93. The zero-order chi connectivity index (χ0) is 16.9. The van der Waals surface area contributed by atoms with Crippen molar-refractivity contribution in [2.45, 2.75) is 71.1 Å². The number of rotatable bonds is 10. The van der Waals surface area contributed by atoms with Crippen molar-refractivity contribution in [3.05, 3.63) is 35.9 Å². The Balaban J connectivity index is 2.12. The number of benzene rings is 1. The van der Waals surface area contributed by atoms with Gasteiger partial charge >= 0.3 is 11.9 Å². The molecule has 1 unspecified atom stereocenters. The molecule has 0 aromatic heterocycles. The number of unbranched alkanes of at least 4 members (excludes halogenated alkanes) is 6. The van der Waals surface area contributed by atoms with Crippen molar-refractivity contribution in [3.63, 3.8) is 0 Å². The van der Waals surface area contributed by atoms with E-state index in [-0.39, 0.29) is 0 Å². The van der Waals surface area contributed by atoms with Crippen LogP contribution in [0.1, 0.15) is 76.7 Å². The Kier molecular flexibility index (Phi) is 9.76. The van der Waals surface area contributed by atoms with Crippen LogP contribution in [-0.4, -0.2) is 11.9 Å². The van der Waals surface area contributed by atoms with Gasteiger partial charge < -0.3 is 0 Å². The largest absolute Gasteiger partial charge is 0.362 e. The second-order valence-electron chi connectivity index (χ2n) is 5.86. The second kappa shape index (κ2) is 11.7. The van der Waals surface area contributed by atoms with Crippen LogP contribution >= 0.6 is 0 Å². The summed E-state index contributed by atoms with van der Waals surface area (Å²) < 4.78 is 0. The predicted molar refractivity (Wildman–Crippen MR) is 89.7 cm³/mol. The minimum Gasteiger partial charge on any atom is -0.247 e. The summed E-state index contributed by atoms with van der Waals surface area (Å²) in [6.07, 6.45) is 8.20. The van der Waals surface area contributed by atoms with Crippen LogP contribution in [-0.2, 0) is 19.4 Å². The second-order valence-corrected chi connectivity index (χ2v) is 5.86. The van der Waals surface area contributed by atoms with E-state index in [0.717, 1.165) is 24.8 Å². The zero-order valence-corrected chi connectivity index (χ0v) is 14.3. The van der Waals surface area contributed by atoms with Crippen molar-refractivity contribution < 1.29 is 19.4 Å². The summed E-state index contributed by atoms with van der Waals surface area (Å²) >= 11 is 0. The van der Waals surface area contributed by atoms with Crippen LogP contribution < -0.4 is 0 Å². The maximum Gasteiger partial charge on any atom is 0.362 e. The van der Waals surface area contributed by atoms with Crippen molar-refractivity contribution >= 4 is 11.9 Å². The molecule has 4 nitrogen and oxygen atoms in total. The molecule has 0 bridgehead atoms. The molecule has 128 valence electrons. The van der Waals surface area contributed by atoms with Gasteiger partial charge in [0.25, 0.3) is 0 Å². The third-order valence-electron chi connectivity index (χ3n) is 3.85. The van der Waals surface area contributed by atoms with Gasteiger partial charge in [0, 0.05) is 0 Å². The molecule has 4 heteroatoms. The highest BCUT2D eigenvalue weighted by molar-refractivity contribution is 5.78. The molecule has 0 aliphatic heterocycles. The Morgan fingerprint density at radius 2 is 1.52 bits per heavy atom. The zero-order valence-electron chi connectivity index (χ0n) is 14.3. The van der Waals surface area contributed by atoms with Gasteiger partial charge in [-0.1, -0.05) is 75.8 Å². The fourth-order valence-corrected chi connectivity index (χ4v) is 2.31. The summed E-state index contributed by atoms with van der Waals surface area (Å²) in [4.78, 5) is 32.6. The third-order valence-corrected chi connectivity index (χ3v) is 3.85. The lowest BCUT2D eigenvalue weighted by Gasteiger charge is -2.09. The molecule has 0 saturated heterocycles. The van der Waals surface area contributed by atoms with Crippen LogP contribution in [0.25, 0.3) is 0 Å². The average molecular weight is 320 g/mol. The molecule has 0 saturated carbocycles. The SMILES string of the molecule is CCCCCCCCCC(=O)OOC(=O)C(C)c1ccccc1. The van der Waals surface area contributed by atoms with Gasteiger partial charge in [-0.3, -0.25) is 0 Å².